The highest BCUT2D eigenvalue weighted by Crippen LogP contribution is 2.51. The quantitative estimate of drug-likeness (QED) is 0.335. The molecule has 0 aromatic heterocycles. The van der Waals surface area contributed by atoms with Crippen LogP contribution in [0, 0.1) is 11.8 Å². The number of carboxylic acids is 1. The van der Waals surface area contributed by atoms with Crippen molar-refractivity contribution in [3.63, 3.8) is 0 Å². The molecule has 150 valence electrons. The first-order valence-electron chi connectivity index (χ1n) is 9.06. The summed E-state index contributed by atoms with van der Waals surface area (Å²) in [6.45, 7) is 4.09. The van der Waals surface area contributed by atoms with Crippen molar-refractivity contribution in [3.8, 4) is 0 Å². The summed E-state index contributed by atoms with van der Waals surface area (Å²) in [5.74, 6) is -2.63. The number of carbonyl (C=O) groups is 3. The molecule has 3 aliphatic rings. The second kappa shape index (κ2) is 7.42. The van der Waals surface area contributed by atoms with Crippen LogP contribution in [0.1, 0.15) is 26.7 Å². The molecule has 0 spiro atoms. The Hall–Kier alpha value is -1.62. The number of nitrogens with one attached hydrogen (secondary N) is 1. The van der Waals surface area contributed by atoms with Crippen LogP contribution in [0.5, 0.6) is 0 Å². The minimum absolute atomic E-state index is 0.0317. The summed E-state index contributed by atoms with van der Waals surface area (Å²) in [6, 6.07) is -0.763. The third-order valence-corrected chi connectivity index (χ3v) is 7.19. The number of carboxylic acid groups (broad SMARTS) is 1. The predicted molar refractivity (Wildman–Crippen MR) is 99.2 cm³/mol. The number of β-lactam (4-membered cyclic amide) rings is 1. The Kier molecular flexibility index (Phi) is 5.53. The second-order valence-electron chi connectivity index (χ2n) is 7.60. The lowest BCUT2D eigenvalue weighted by Gasteiger charge is -2.46. The first kappa shape index (κ1) is 20.1. The molecule has 9 nitrogen and oxygen atoms in total. The molecule has 0 aliphatic carbocycles. The van der Waals surface area contributed by atoms with E-state index in [1.54, 1.807) is 6.92 Å². The maximum absolute atomic E-state index is 12.4. The van der Waals surface area contributed by atoms with E-state index in [-0.39, 0.29) is 47.3 Å². The van der Waals surface area contributed by atoms with Crippen molar-refractivity contribution in [1.82, 2.24) is 10.2 Å². The third-order valence-electron chi connectivity index (χ3n) is 5.68. The van der Waals surface area contributed by atoms with Gasteiger partial charge in [0, 0.05) is 41.1 Å². The molecule has 2 fully saturated rings. The van der Waals surface area contributed by atoms with E-state index in [0.29, 0.717) is 17.9 Å². The van der Waals surface area contributed by atoms with E-state index < -0.39 is 23.9 Å². The Morgan fingerprint density at radius 2 is 2.11 bits per heavy atom. The number of nitrogens with two attached hydrogens (primary N) is 2. The van der Waals surface area contributed by atoms with E-state index in [4.69, 9.17) is 11.5 Å². The zero-order valence-electron chi connectivity index (χ0n) is 15.3. The minimum Gasteiger partial charge on any atom is -0.477 e. The number of carbonyl (C=O) groups excluding carboxylic acids is 2. The minimum atomic E-state index is -1.13. The second-order valence-corrected chi connectivity index (χ2v) is 8.94. The molecule has 0 aromatic carbocycles. The van der Waals surface area contributed by atoms with Crippen molar-refractivity contribution >= 4 is 29.5 Å². The Bertz CT molecular complexity index is 697. The molecule has 3 rings (SSSR count). The van der Waals surface area contributed by atoms with Crippen LogP contribution in [0.2, 0.25) is 0 Å². The SMILES string of the molecule is C[C@@H](O)[C@H]1C(=O)N2C(C(=O)O)=C(S[C@@H]3CN[C@H](C(N)CC(N)=O)C3)[C@H](C)[C@H]12. The number of aliphatic hydroxyl groups excluding tert-OH is 1. The molecule has 0 radical (unpaired) electrons. The molecule has 2 amide bonds. The lowest BCUT2D eigenvalue weighted by atomic mass is 9.79. The van der Waals surface area contributed by atoms with Crippen LogP contribution in [0.25, 0.3) is 0 Å². The van der Waals surface area contributed by atoms with Gasteiger partial charge in [-0.15, -0.1) is 11.8 Å². The molecule has 3 aliphatic heterocycles. The summed E-state index contributed by atoms with van der Waals surface area (Å²) in [5.41, 5.74) is 11.3. The molecular formula is C17H26N4O5S. The number of primary amides is 1. The summed E-state index contributed by atoms with van der Waals surface area (Å²) in [7, 11) is 0. The Labute approximate surface area is 161 Å². The Morgan fingerprint density at radius 1 is 1.44 bits per heavy atom. The van der Waals surface area contributed by atoms with E-state index >= 15 is 0 Å². The average molecular weight is 398 g/mol. The first-order chi connectivity index (χ1) is 12.6. The normalized spacial score (nSPS) is 35.0. The van der Waals surface area contributed by atoms with Crippen molar-refractivity contribution in [2.24, 2.45) is 23.3 Å². The molecule has 0 bridgehead atoms. The predicted octanol–water partition coefficient (Wildman–Crippen LogP) is -1.19. The number of hydrogen-bond donors (Lipinski definition) is 5. The molecule has 27 heavy (non-hydrogen) atoms. The monoisotopic (exact) mass is 398 g/mol. The summed E-state index contributed by atoms with van der Waals surface area (Å²) in [5, 5.41) is 22.9. The zero-order chi connectivity index (χ0) is 20.0. The van der Waals surface area contributed by atoms with Gasteiger partial charge in [-0.2, -0.15) is 0 Å². The fourth-order valence-corrected chi connectivity index (χ4v) is 5.88. The smallest absolute Gasteiger partial charge is 0.353 e. The van der Waals surface area contributed by atoms with E-state index in [9.17, 15) is 24.6 Å². The lowest BCUT2D eigenvalue weighted by Crippen LogP contribution is -2.63. The molecule has 0 aromatic rings. The number of nitrogens with zero attached hydrogens (tertiary/aromatic N) is 1. The molecule has 7 N–H and O–H groups in total. The summed E-state index contributed by atoms with van der Waals surface area (Å²) >= 11 is 1.45. The van der Waals surface area contributed by atoms with Gasteiger partial charge in [-0.25, -0.2) is 4.79 Å². The van der Waals surface area contributed by atoms with Crippen LogP contribution < -0.4 is 16.8 Å². The van der Waals surface area contributed by atoms with Gasteiger partial charge in [-0.05, 0) is 13.3 Å². The van der Waals surface area contributed by atoms with Gasteiger partial charge >= 0.3 is 5.97 Å². The third kappa shape index (κ3) is 3.46. The first-order valence-corrected chi connectivity index (χ1v) is 9.94. The Morgan fingerprint density at radius 3 is 2.67 bits per heavy atom. The van der Waals surface area contributed by atoms with Gasteiger partial charge in [0.25, 0.3) is 0 Å². The molecule has 7 atom stereocenters. The fourth-order valence-electron chi connectivity index (χ4n) is 4.38. The summed E-state index contributed by atoms with van der Waals surface area (Å²) in [4.78, 5) is 37.2. The highest BCUT2D eigenvalue weighted by molar-refractivity contribution is 8.03. The molecule has 1 unspecified atom stereocenters. The van der Waals surface area contributed by atoms with E-state index in [1.807, 2.05) is 6.92 Å². The van der Waals surface area contributed by atoms with Crippen LogP contribution >= 0.6 is 11.8 Å². The van der Waals surface area contributed by atoms with Crippen LogP contribution in [0.3, 0.4) is 0 Å². The highest BCUT2D eigenvalue weighted by Gasteiger charge is 2.60. The van der Waals surface area contributed by atoms with Crippen LogP contribution in [-0.4, -0.2) is 68.9 Å². The summed E-state index contributed by atoms with van der Waals surface area (Å²) < 4.78 is 0. The zero-order valence-corrected chi connectivity index (χ0v) is 16.1. The van der Waals surface area contributed by atoms with E-state index in [0.717, 1.165) is 0 Å². The Balaban J connectivity index is 1.74. The largest absolute Gasteiger partial charge is 0.477 e. The van der Waals surface area contributed by atoms with Gasteiger partial charge in [0.15, 0.2) is 0 Å². The highest BCUT2D eigenvalue weighted by atomic mass is 32.2. The number of hydrogen-bond acceptors (Lipinski definition) is 7. The average Bonchev–Trinajstić information content (AvgIpc) is 3.10. The van der Waals surface area contributed by atoms with Crippen LogP contribution in [0.15, 0.2) is 10.6 Å². The molecular weight excluding hydrogens is 372 g/mol. The lowest BCUT2D eigenvalue weighted by molar-refractivity contribution is -0.163. The number of amides is 2. The van der Waals surface area contributed by atoms with Gasteiger partial charge in [0.1, 0.15) is 5.70 Å². The van der Waals surface area contributed by atoms with Crippen molar-refractivity contribution in [2.75, 3.05) is 6.54 Å². The van der Waals surface area contributed by atoms with Gasteiger partial charge in [0.2, 0.25) is 11.8 Å². The van der Waals surface area contributed by atoms with Gasteiger partial charge < -0.3 is 31.9 Å². The van der Waals surface area contributed by atoms with E-state index in [1.165, 1.54) is 16.7 Å². The van der Waals surface area contributed by atoms with Crippen LogP contribution in [-0.2, 0) is 14.4 Å². The molecule has 10 heteroatoms. The topological polar surface area (TPSA) is 159 Å². The van der Waals surface area contributed by atoms with E-state index in [2.05, 4.69) is 5.32 Å². The standard InChI is InChI=1S/C17H26N4O5S/c1-6-13-12(7(2)22)16(24)21(13)14(17(25)26)15(6)27-8-3-10(20-5-8)9(18)4-11(19)23/h6-10,12-13,20,22H,3-5,18H2,1-2H3,(H2,19,23)(H,25,26)/t6-,7-,8+,9?,10+,12-,13-/m1/s1. The van der Waals surface area contributed by atoms with Crippen molar-refractivity contribution in [3.05, 3.63) is 10.6 Å². The van der Waals surface area contributed by atoms with Crippen molar-refractivity contribution in [1.29, 1.82) is 0 Å². The number of aliphatic hydroxyl groups is 1. The molecule has 3 heterocycles. The molecule has 0 saturated carbocycles. The summed E-state index contributed by atoms with van der Waals surface area (Å²) in [6.07, 6.45) is -0.0414. The maximum atomic E-state index is 12.4. The van der Waals surface area contributed by atoms with Crippen molar-refractivity contribution in [2.45, 2.75) is 56.2 Å². The van der Waals surface area contributed by atoms with Gasteiger partial charge in [-0.1, -0.05) is 6.92 Å². The van der Waals surface area contributed by atoms with Gasteiger partial charge in [0.05, 0.1) is 18.1 Å². The van der Waals surface area contributed by atoms with Gasteiger partial charge in [-0.3, -0.25) is 9.59 Å². The fraction of sp³-hybridized carbons (Fsp3) is 0.706. The van der Waals surface area contributed by atoms with Crippen LogP contribution in [0.4, 0.5) is 0 Å². The number of thioether (sulfide) groups is 1. The number of fused-ring (bicyclic) bond motifs is 1. The maximum Gasteiger partial charge on any atom is 0.353 e. The molecule has 2 saturated heterocycles. The number of aliphatic carboxylic acids is 1. The number of rotatable bonds is 7. The van der Waals surface area contributed by atoms with Crippen molar-refractivity contribution < 1.29 is 24.6 Å².